The quantitative estimate of drug-likeness (QED) is 0.926. The van der Waals surface area contributed by atoms with Gasteiger partial charge in [-0.15, -0.1) is 0 Å². The van der Waals surface area contributed by atoms with Crippen LogP contribution in [0.4, 0.5) is 0 Å². The zero-order valence-corrected chi connectivity index (χ0v) is 11.9. The Balaban J connectivity index is 2.97. The lowest BCUT2D eigenvalue weighted by atomic mass is 10.1. The molecule has 17 heavy (non-hydrogen) atoms. The van der Waals surface area contributed by atoms with Gasteiger partial charge in [-0.05, 0) is 30.2 Å². The van der Waals surface area contributed by atoms with Gasteiger partial charge in [0.2, 0.25) is 10.0 Å². The summed E-state index contributed by atoms with van der Waals surface area (Å²) in [6.45, 7) is 3.58. The number of nitrogens with one attached hydrogen (secondary N) is 1. The average molecular weight is 317 g/mol. The first-order chi connectivity index (χ1) is 7.86. The molecular weight excluding hydrogens is 304 g/mol. The number of hydrogen-bond donors (Lipinski definition) is 1. The second kappa shape index (κ2) is 5.63. The molecule has 0 aromatic heterocycles. The molecule has 0 saturated heterocycles. The Morgan fingerprint density at radius 3 is 2.24 bits per heavy atom. The maximum absolute atomic E-state index is 11.9. The number of halogens is 1. The lowest BCUT2D eigenvalue weighted by molar-refractivity contribution is 0.515. The van der Waals surface area contributed by atoms with Crippen molar-refractivity contribution in [3.05, 3.63) is 28.7 Å². The molecule has 0 fully saturated rings. The topological polar surface area (TPSA) is 70.0 Å². The first-order valence-corrected chi connectivity index (χ1v) is 7.32. The molecule has 6 heteroatoms. The fourth-order valence-electron chi connectivity index (χ4n) is 1.16. The lowest BCUT2D eigenvalue weighted by Gasteiger charge is -2.15. The predicted molar refractivity (Wildman–Crippen MR) is 68.7 cm³/mol. The molecule has 1 aromatic carbocycles. The van der Waals surface area contributed by atoms with Gasteiger partial charge in [0.05, 0.1) is 11.0 Å². The number of nitriles is 1. The summed E-state index contributed by atoms with van der Waals surface area (Å²) in [4.78, 5) is 0.154. The molecule has 0 bridgehead atoms. The zero-order chi connectivity index (χ0) is 13.1. The van der Waals surface area contributed by atoms with Crippen LogP contribution in [0.15, 0.2) is 33.6 Å². The molecule has 0 radical (unpaired) electrons. The molecule has 92 valence electrons. The Bertz CT molecular complexity index is 517. The summed E-state index contributed by atoms with van der Waals surface area (Å²) in [6.07, 6.45) is 0. The molecule has 1 N–H and O–H groups in total. The van der Waals surface area contributed by atoms with Crippen molar-refractivity contribution < 1.29 is 8.42 Å². The molecule has 4 nitrogen and oxygen atoms in total. The Hall–Kier alpha value is -0.900. The number of sulfonamides is 1. The van der Waals surface area contributed by atoms with E-state index < -0.39 is 16.1 Å². The van der Waals surface area contributed by atoms with Crippen molar-refractivity contribution in [1.29, 1.82) is 5.26 Å². The smallest absolute Gasteiger partial charge is 0.207 e. The predicted octanol–water partition coefficient (Wildman–Crippen LogP) is 2.28. The summed E-state index contributed by atoms with van der Waals surface area (Å²) >= 11 is 3.23. The highest BCUT2D eigenvalue weighted by Crippen LogP contribution is 2.15. The van der Waals surface area contributed by atoms with Crippen LogP contribution >= 0.6 is 15.9 Å². The van der Waals surface area contributed by atoms with E-state index in [-0.39, 0.29) is 10.8 Å². The highest BCUT2D eigenvalue weighted by atomic mass is 79.9. The fourth-order valence-corrected chi connectivity index (χ4v) is 2.71. The third kappa shape index (κ3) is 3.80. The van der Waals surface area contributed by atoms with Crippen molar-refractivity contribution in [2.45, 2.75) is 24.8 Å². The normalized spacial score (nSPS) is 13.4. The number of benzene rings is 1. The van der Waals surface area contributed by atoms with Crippen LogP contribution in [0.3, 0.4) is 0 Å². The van der Waals surface area contributed by atoms with Crippen LogP contribution < -0.4 is 4.72 Å². The Labute approximate surface area is 110 Å². The summed E-state index contributed by atoms with van der Waals surface area (Å²) in [6, 6.07) is 7.48. The molecule has 0 heterocycles. The van der Waals surface area contributed by atoms with Crippen molar-refractivity contribution >= 4 is 26.0 Å². The largest absolute Gasteiger partial charge is 0.241 e. The van der Waals surface area contributed by atoms with E-state index in [1.165, 1.54) is 12.1 Å². The summed E-state index contributed by atoms with van der Waals surface area (Å²) in [5.41, 5.74) is 0. The van der Waals surface area contributed by atoms with Crippen LogP contribution in [0.1, 0.15) is 13.8 Å². The molecule has 1 rings (SSSR count). The van der Waals surface area contributed by atoms with Gasteiger partial charge in [-0.1, -0.05) is 29.8 Å². The van der Waals surface area contributed by atoms with E-state index >= 15 is 0 Å². The lowest BCUT2D eigenvalue weighted by Crippen LogP contribution is -2.37. The van der Waals surface area contributed by atoms with Crippen molar-refractivity contribution in [2.75, 3.05) is 0 Å². The second-order valence-corrected chi connectivity index (χ2v) is 6.56. The van der Waals surface area contributed by atoms with Gasteiger partial charge < -0.3 is 0 Å². The van der Waals surface area contributed by atoms with Crippen molar-refractivity contribution in [3.8, 4) is 6.07 Å². The molecule has 0 saturated carbocycles. The SMILES string of the molecule is CC(C)C(C#N)NS(=O)(=O)c1ccc(Br)cc1. The minimum atomic E-state index is -3.63. The molecular formula is C11H13BrN2O2S. The third-order valence-electron chi connectivity index (χ3n) is 2.21. The van der Waals surface area contributed by atoms with E-state index in [1.807, 2.05) is 6.07 Å². The number of hydrogen-bond acceptors (Lipinski definition) is 3. The van der Waals surface area contributed by atoms with Gasteiger partial charge in [0.25, 0.3) is 0 Å². The molecule has 0 aliphatic carbocycles. The van der Waals surface area contributed by atoms with E-state index in [4.69, 9.17) is 5.26 Å². The summed E-state index contributed by atoms with van der Waals surface area (Å²) < 4.78 is 27.1. The van der Waals surface area contributed by atoms with E-state index in [0.717, 1.165) is 4.47 Å². The van der Waals surface area contributed by atoms with Gasteiger partial charge in [-0.2, -0.15) is 9.98 Å². The van der Waals surface area contributed by atoms with Gasteiger partial charge >= 0.3 is 0 Å². The van der Waals surface area contributed by atoms with Crippen LogP contribution in [0.25, 0.3) is 0 Å². The zero-order valence-electron chi connectivity index (χ0n) is 9.51. The summed E-state index contributed by atoms with van der Waals surface area (Å²) in [5, 5.41) is 8.87. The molecule has 0 spiro atoms. The first kappa shape index (κ1) is 14.2. The molecule has 0 aliphatic rings. The maximum Gasteiger partial charge on any atom is 0.241 e. The highest BCUT2D eigenvalue weighted by Gasteiger charge is 2.21. The molecule has 1 aromatic rings. The minimum Gasteiger partial charge on any atom is -0.207 e. The summed E-state index contributed by atoms with van der Waals surface area (Å²) in [7, 11) is -3.63. The Morgan fingerprint density at radius 1 is 1.29 bits per heavy atom. The Kier molecular flexibility index (Phi) is 4.69. The average Bonchev–Trinajstić information content (AvgIpc) is 2.26. The van der Waals surface area contributed by atoms with Crippen LogP contribution in [0, 0.1) is 17.2 Å². The van der Waals surface area contributed by atoms with Gasteiger partial charge in [0.1, 0.15) is 6.04 Å². The standard InChI is InChI=1S/C11H13BrN2O2S/c1-8(2)11(7-13)14-17(15,16)10-5-3-9(12)4-6-10/h3-6,8,11,14H,1-2H3. The van der Waals surface area contributed by atoms with Gasteiger partial charge in [0.15, 0.2) is 0 Å². The number of nitrogens with zero attached hydrogens (tertiary/aromatic N) is 1. The molecule has 0 aliphatic heterocycles. The summed E-state index contributed by atoms with van der Waals surface area (Å²) in [5.74, 6) is -0.0785. The minimum absolute atomic E-state index is 0.0785. The molecule has 0 amide bonds. The van der Waals surface area contributed by atoms with Gasteiger partial charge in [-0.3, -0.25) is 0 Å². The van der Waals surface area contributed by atoms with E-state index in [9.17, 15) is 8.42 Å². The Morgan fingerprint density at radius 2 is 1.82 bits per heavy atom. The monoisotopic (exact) mass is 316 g/mol. The molecule has 1 unspecified atom stereocenters. The van der Waals surface area contributed by atoms with Crippen LogP contribution in [0.5, 0.6) is 0 Å². The highest BCUT2D eigenvalue weighted by molar-refractivity contribution is 9.10. The van der Waals surface area contributed by atoms with E-state index in [1.54, 1.807) is 26.0 Å². The number of rotatable bonds is 4. The fraction of sp³-hybridized carbons (Fsp3) is 0.364. The van der Waals surface area contributed by atoms with Crippen molar-refractivity contribution in [3.63, 3.8) is 0 Å². The van der Waals surface area contributed by atoms with Crippen molar-refractivity contribution in [1.82, 2.24) is 4.72 Å². The molecule has 1 atom stereocenters. The van der Waals surface area contributed by atoms with E-state index in [2.05, 4.69) is 20.7 Å². The second-order valence-electron chi connectivity index (χ2n) is 3.93. The van der Waals surface area contributed by atoms with Crippen LogP contribution in [-0.4, -0.2) is 14.5 Å². The maximum atomic E-state index is 11.9. The van der Waals surface area contributed by atoms with Crippen molar-refractivity contribution in [2.24, 2.45) is 5.92 Å². The van der Waals surface area contributed by atoms with Gasteiger partial charge in [-0.25, -0.2) is 8.42 Å². The van der Waals surface area contributed by atoms with E-state index in [0.29, 0.717) is 0 Å². The van der Waals surface area contributed by atoms with Gasteiger partial charge in [0, 0.05) is 4.47 Å². The third-order valence-corrected chi connectivity index (χ3v) is 4.20. The van der Waals surface area contributed by atoms with Crippen LogP contribution in [-0.2, 0) is 10.0 Å². The first-order valence-electron chi connectivity index (χ1n) is 5.04. The van der Waals surface area contributed by atoms with Crippen LogP contribution in [0.2, 0.25) is 0 Å².